The number of aromatic nitrogens is 1. The van der Waals surface area contributed by atoms with Gasteiger partial charge in [-0.2, -0.15) is 5.26 Å². The molecule has 1 aromatic carbocycles. The predicted octanol–water partition coefficient (Wildman–Crippen LogP) is 4.16. The number of hydrogen-bond acceptors (Lipinski definition) is 5. The zero-order valence-corrected chi connectivity index (χ0v) is 17.4. The molecular formula is C22H28N4OS. The number of amides is 1. The third kappa shape index (κ3) is 3.78. The van der Waals surface area contributed by atoms with E-state index in [9.17, 15) is 10.1 Å². The van der Waals surface area contributed by atoms with Gasteiger partial charge >= 0.3 is 0 Å². The van der Waals surface area contributed by atoms with Gasteiger partial charge in [0.15, 0.2) is 0 Å². The highest BCUT2D eigenvalue weighted by Gasteiger charge is 2.39. The average Bonchev–Trinajstić information content (AvgIpc) is 3.18. The average molecular weight is 397 g/mol. The Morgan fingerprint density at radius 3 is 2.68 bits per heavy atom. The molecular weight excluding hydrogens is 368 g/mol. The molecule has 0 atom stereocenters. The van der Waals surface area contributed by atoms with Crippen LogP contribution in [0.3, 0.4) is 0 Å². The maximum atomic E-state index is 12.9. The molecule has 1 saturated heterocycles. The zero-order chi connectivity index (χ0) is 19.6. The Bertz CT molecular complexity index is 839. The van der Waals surface area contributed by atoms with Crippen molar-refractivity contribution in [2.75, 3.05) is 26.7 Å². The van der Waals surface area contributed by atoms with Crippen molar-refractivity contribution in [3.05, 3.63) is 29.3 Å². The number of likely N-dealkylation sites (N-methyl/N-ethyl adjacent to an activating group) is 1. The Morgan fingerprint density at radius 2 is 2.00 bits per heavy atom. The molecule has 0 unspecified atom stereocenters. The van der Waals surface area contributed by atoms with Crippen molar-refractivity contribution in [2.45, 2.75) is 56.4 Å². The molecule has 28 heavy (non-hydrogen) atoms. The second kappa shape index (κ2) is 8.18. The molecule has 0 spiro atoms. The van der Waals surface area contributed by atoms with Crippen LogP contribution in [0.25, 0.3) is 10.2 Å². The van der Waals surface area contributed by atoms with Crippen molar-refractivity contribution < 1.29 is 4.79 Å². The molecule has 0 radical (unpaired) electrons. The van der Waals surface area contributed by atoms with E-state index < -0.39 is 5.54 Å². The number of thiazole rings is 1. The molecule has 1 aliphatic heterocycles. The summed E-state index contributed by atoms with van der Waals surface area (Å²) >= 11 is 1.80. The highest BCUT2D eigenvalue weighted by atomic mass is 32.1. The lowest BCUT2D eigenvalue weighted by Gasteiger charge is -2.40. The highest BCUT2D eigenvalue weighted by molar-refractivity contribution is 7.18. The van der Waals surface area contributed by atoms with E-state index in [0.29, 0.717) is 12.5 Å². The van der Waals surface area contributed by atoms with Crippen molar-refractivity contribution in [1.82, 2.24) is 14.8 Å². The van der Waals surface area contributed by atoms with Gasteiger partial charge in [0.25, 0.3) is 0 Å². The molecule has 148 valence electrons. The summed E-state index contributed by atoms with van der Waals surface area (Å²) in [4.78, 5) is 21.7. The minimum Gasteiger partial charge on any atom is -0.326 e. The quantitative estimate of drug-likeness (QED) is 0.778. The summed E-state index contributed by atoms with van der Waals surface area (Å²) in [7, 11) is 1.82. The van der Waals surface area contributed by atoms with Gasteiger partial charge in [-0.25, -0.2) is 4.98 Å². The van der Waals surface area contributed by atoms with Crippen LogP contribution in [0, 0.1) is 11.3 Å². The van der Waals surface area contributed by atoms with Crippen molar-refractivity contribution in [2.24, 2.45) is 0 Å². The Morgan fingerprint density at radius 1 is 1.29 bits per heavy atom. The van der Waals surface area contributed by atoms with Crippen molar-refractivity contribution in [3.63, 3.8) is 0 Å². The smallest absolute Gasteiger partial charge is 0.237 e. The van der Waals surface area contributed by atoms with E-state index in [2.05, 4.69) is 29.2 Å². The number of carbonyl (C=O) groups excluding carboxylic acids is 1. The fourth-order valence-corrected chi connectivity index (χ4v) is 5.73. The number of hydrogen-bond donors (Lipinski definition) is 0. The van der Waals surface area contributed by atoms with Gasteiger partial charge < -0.3 is 4.90 Å². The minimum atomic E-state index is -0.589. The molecule has 2 aromatic rings. The molecule has 1 saturated carbocycles. The Balaban J connectivity index is 1.33. The maximum absolute atomic E-state index is 12.9. The maximum Gasteiger partial charge on any atom is 0.237 e. The number of piperidine rings is 1. The fraction of sp³-hybridized carbons (Fsp3) is 0.591. The van der Waals surface area contributed by atoms with Gasteiger partial charge in [-0.3, -0.25) is 9.69 Å². The number of rotatable bonds is 4. The van der Waals surface area contributed by atoms with Crippen molar-refractivity contribution >= 4 is 27.5 Å². The first-order valence-electron chi connectivity index (χ1n) is 10.4. The second-order valence-electron chi connectivity index (χ2n) is 8.23. The molecule has 5 nitrogen and oxygen atoms in total. The lowest BCUT2D eigenvalue weighted by atomic mass is 9.81. The number of para-hydroxylation sites is 1. The van der Waals surface area contributed by atoms with E-state index in [1.54, 1.807) is 16.2 Å². The molecule has 1 amide bonds. The van der Waals surface area contributed by atoms with E-state index in [4.69, 9.17) is 4.98 Å². The van der Waals surface area contributed by atoms with Crippen LogP contribution < -0.4 is 0 Å². The molecule has 2 heterocycles. The molecule has 0 bridgehead atoms. The molecule has 0 N–H and O–H groups in total. The highest BCUT2D eigenvalue weighted by Crippen LogP contribution is 2.35. The predicted molar refractivity (Wildman–Crippen MR) is 112 cm³/mol. The van der Waals surface area contributed by atoms with Crippen LogP contribution in [-0.2, 0) is 4.79 Å². The van der Waals surface area contributed by atoms with Gasteiger partial charge in [-0.1, -0.05) is 31.4 Å². The number of benzene rings is 1. The molecule has 1 aromatic heterocycles. The van der Waals surface area contributed by atoms with Crippen molar-refractivity contribution in [3.8, 4) is 6.07 Å². The summed E-state index contributed by atoms with van der Waals surface area (Å²) in [6.45, 7) is 2.26. The topological polar surface area (TPSA) is 60.2 Å². The summed E-state index contributed by atoms with van der Waals surface area (Å²) in [5.74, 6) is 0.576. The first-order valence-corrected chi connectivity index (χ1v) is 11.2. The van der Waals surface area contributed by atoms with Crippen LogP contribution in [-0.4, -0.2) is 52.9 Å². The number of fused-ring (bicyclic) bond motifs is 1. The van der Waals surface area contributed by atoms with Crippen molar-refractivity contribution in [1.29, 1.82) is 5.26 Å². The lowest BCUT2D eigenvalue weighted by Crippen LogP contribution is -2.53. The van der Waals surface area contributed by atoms with Crippen LogP contribution in [0.2, 0.25) is 0 Å². The standard InChI is InChI=1S/C22H28N4OS/c1-25(22(16-23)11-5-2-6-12-22)20(27)15-26-13-9-17(10-14-26)21-24-18-7-3-4-8-19(18)28-21/h3-4,7-8,17H,2,5-6,9-15H2,1H3. The van der Waals surface area contributed by atoms with Gasteiger partial charge in [-0.05, 0) is 50.9 Å². The molecule has 4 rings (SSSR count). The van der Waals surface area contributed by atoms with Gasteiger partial charge in [0.1, 0.15) is 5.54 Å². The minimum absolute atomic E-state index is 0.0851. The second-order valence-corrected chi connectivity index (χ2v) is 9.29. The third-order valence-electron chi connectivity index (χ3n) is 6.51. The largest absolute Gasteiger partial charge is 0.326 e. The van der Waals surface area contributed by atoms with Crippen LogP contribution >= 0.6 is 11.3 Å². The van der Waals surface area contributed by atoms with Crippen LogP contribution in [0.4, 0.5) is 0 Å². The van der Waals surface area contributed by atoms with Crippen LogP contribution in [0.5, 0.6) is 0 Å². The normalized spacial score (nSPS) is 20.7. The van der Waals surface area contributed by atoms with E-state index in [0.717, 1.165) is 57.1 Å². The number of nitrogens with zero attached hydrogens (tertiary/aromatic N) is 4. The van der Waals surface area contributed by atoms with Gasteiger partial charge in [0, 0.05) is 13.0 Å². The monoisotopic (exact) mass is 396 g/mol. The summed E-state index contributed by atoms with van der Waals surface area (Å²) in [5.41, 5.74) is 0.505. The SMILES string of the molecule is CN(C(=O)CN1CCC(c2nc3ccccc3s2)CC1)C1(C#N)CCCCC1. The van der Waals surface area contributed by atoms with Gasteiger partial charge in [0.2, 0.25) is 5.91 Å². The van der Waals surface area contributed by atoms with E-state index in [1.165, 1.54) is 16.1 Å². The van der Waals surface area contributed by atoms with Crippen LogP contribution in [0.15, 0.2) is 24.3 Å². The molecule has 2 aliphatic rings. The Labute approximate surface area is 171 Å². The molecule has 2 fully saturated rings. The summed E-state index contributed by atoms with van der Waals surface area (Å²) in [6, 6.07) is 10.8. The number of likely N-dealkylation sites (tertiary alicyclic amines) is 1. The third-order valence-corrected chi connectivity index (χ3v) is 7.71. The number of carbonyl (C=O) groups is 1. The van der Waals surface area contributed by atoms with Crippen LogP contribution in [0.1, 0.15) is 55.9 Å². The molecule has 1 aliphatic carbocycles. The Kier molecular flexibility index (Phi) is 5.65. The summed E-state index contributed by atoms with van der Waals surface area (Å²) < 4.78 is 1.26. The zero-order valence-electron chi connectivity index (χ0n) is 16.6. The Hall–Kier alpha value is -1.97. The van der Waals surface area contributed by atoms with E-state index >= 15 is 0 Å². The first kappa shape index (κ1) is 19.4. The van der Waals surface area contributed by atoms with E-state index in [1.807, 2.05) is 13.1 Å². The van der Waals surface area contributed by atoms with E-state index in [-0.39, 0.29) is 5.91 Å². The molecule has 6 heteroatoms. The fourth-order valence-electron chi connectivity index (χ4n) is 4.60. The summed E-state index contributed by atoms with van der Waals surface area (Å²) in [6.07, 6.45) is 6.96. The lowest BCUT2D eigenvalue weighted by molar-refractivity contribution is -0.136. The summed E-state index contributed by atoms with van der Waals surface area (Å²) in [5, 5.41) is 11.0. The van der Waals surface area contributed by atoms with Gasteiger partial charge in [-0.15, -0.1) is 11.3 Å². The first-order chi connectivity index (χ1) is 13.6. The number of nitriles is 1. The van der Waals surface area contributed by atoms with Gasteiger partial charge in [0.05, 0.1) is 27.8 Å².